The smallest absolute Gasteiger partial charge is 0.227 e. The van der Waals surface area contributed by atoms with Gasteiger partial charge in [-0.2, -0.15) is 0 Å². The van der Waals surface area contributed by atoms with Crippen LogP contribution in [0.1, 0.15) is 33.1 Å². The van der Waals surface area contributed by atoms with Crippen molar-refractivity contribution in [2.24, 2.45) is 23.5 Å². The van der Waals surface area contributed by atoms with Crippen LogP contribution in [0.3, 0.4) is 0 Å². The predicted octanol–water partition coefficient (Wildman–Crippen LogP) is 1.26. The molecule has 2 aliphatic rings. The summed E-state index contributed by atoms with van der Waals surface area (Å²) in [6.07, 6.45) is 3.51. The average Bonchev–Trinajstić information content (AvgIpc) is 3.06. The minimum Gasteiger partial charge on any atom is -0.380 e. The lowest BCUT2D eigenvalue weighted by Gasteiger charge is -2.32. The van der Waals surface area contributed by atoms with Crippen LogP contribution < -0.4 is 5.73 Å². The molecule has 2 fully saturated rings. The normalized spacial score (nSPS) is 30.8. The number of nitrogens with zero attached hydrogens (tertiary/aromatic N) is 1. The van der Waals surface area contributed by atoms with Crippen LogP contribution in [0.2, 0.25) is 0 Å². The minimum absolute atomic E-state index is 0.0204. The van der Waals surface area contributed by atoms with Gasteiger partial charge in [0.05, 0.1) is 19.1 Å². The van der Waals surface area contributed by atoms with Crippen LogP contribution in [-0.4, -0.2) is 56.4 Å². The zero-order chi connectivity index (χ0) is 15.2. The number of ether oxygens (including phenoxy) is 2. The van der Waals surface area contributed by atoms with E-state index in [0.717, 1.165) is 6.42 Å². The van der Waals surface area contributed by atoms with Crippen LogP contribution >= 0.6 is 0 Å². The van der Waals surface area contributed by atoms with Crippen molar-refractivity contribution >= 4 is 5.91 Å². The third-order valence-corrected chi connectivity index (χ3v) is 5.00. The van der Waals surface area contributed by atoms with Crippen LogP contribution in [-0.2, 0) is 14.3 Å². The van der Waals surface area contributed by atoms with Gasteiger partial charge in [0.1, 0.15) is 0 Å². The summed E-state index contributed by atoms with van der Waals surface area (Å²) in [5, 5.41) is 0. The first-order chi connectivity index (χ1) is 10.2. The van der Waals surface area contributed by atoms with Gasteiger partial charge >= 0.3 is 0 Å². The summed E-state index contributed by atoms with van der Waals surface area (Å²) in [6, 6.07) is 0.0536. The molecule has 2 aliphatic carbocycles. The van der Waals surface area contributed by atoms with E-state index in [4.69, 9.17) is 15.2 Å². The van der Waals surface area contributed by atoms with Gasteiger partial charge in [-0.1, -0.05) is 0 Å². The number of carbonyl (C=O) groups is 1. The highest BCUT2D eigenvalue weighted by Gasteiger charge is 2.50. The first-order valence-corrected chi connectivity index (χ1v) is 8.38. The molecule has 0 aromatic heterocycles. The minimum atomic E-state index is 0.0204. The van der Waals surface area contributed by atoms with Gasteiger partial charge in [-0.05, 0) is 44.9 Å². The fourth-order valence-electron chi connectivity index (χ4n) is 3.88. The van der Waals surface area contributed by atoms with Crippen molar-refractivity contribution < 1.29 is 14.3 Å². The predicted molar refractivity (Wildman–Crippen MR) is 81.9 cm³/mol. The van der Waals surface area contributed by atoms with Crippen LogP contribution in [0.4, 0.5) is 0 Å². The fourth-order valence-corrected chi connectivity index (χ4v) is 3.88. The van der Waals surface area contributed by atoms with E-state index in [1.54, 1.807) is 0 Å². The molecule has 0 saturated heterocycles. The van der Waals surface area contributed by atoms with Gasteiger partial charge < -0.3 is 20.1 Å². The fraction of sp³-hybridized carbons (Fsp3) is 0.938. The quantitative estimate of drug-likeness (QED) is 0.651. The van der Waals surface area contributed by atoms with Crippen molar-refractivity contribution in [3.8, 4) is 0 Å². The molecule has 0 aliphatic heterocycles. The molecule has 4 atom stereocenters. The number of hydrogen-bond acceptors (Lipinski definition) is 4. The number of hydrogen-bond donors (Lipinski definition) is 1. The van der Waals surface area contributed by atoms with Gasteiger partial charge in [-0.15, -0.1) is 0 Å². The van der Waals surface area contributed by atoms with Gasteiger partial charge in [-0.3, -0.25) is 4.79 Å². The molecule has 0 radical (unpaired) electrons. The van der Waals surface area contributed by atoms with Crippen molar-refractivity contribution in [2.45, 2.75) is 39.2 Å². The number of nitrogens with two attached hydrogens (primary N) is 1. The largest absolute Gasteiger partial charge is 0.380 e. The van der Waals surface area contributed by atoms with Crippen molar-refractivity contribution in [1.82, 2.24) is 4.90 Å². The molecule has 2 rings (SSSR count). The highest BCUT2D eigenvalue weighted by Crippen LogP contribution is 2.48. The van der Waals surface area contributed by atoms with E-state index >= 15 is 0 Å². The van der Waals surface area contributed by atoms with E-state index in [0.29, 0.717) is 51.4 Å². The van der Waals surface area contributed by atoms with E-state index < -0.39 is 0 Å². The zero-order valence-corrected chi connectivity index (χ0v) is 13.4. The highest BCUT2D eigenvalue weighted by molar-refractivity contribution is 5.80. The van der Waals surface area contributed by atoms with Crippen molar-refractivity contribution in [2.75, 3.05) is 39.5 Å². The SMILES string of the molecule is CCOCCN(CCOCC)C(=O)C1C2CCC(C2)C1N. The number of fused-ring (bicyclic) bond motifs is 2. The lowest BCUT2D eigenvalue weighted by molar-refractivity contribution is -0.139. The summed E-state index contributed by atoms with van der Waals surface area (Å²) in [4.78, 5) is 14.8. The van der Waals surface area contributed by atoms with Gasteiger partial charge in [0.25, 0.3) is 0 Å². The lowest BCUT2D eigenvalue weighted by atomic mass is 9.84. The maximum Gasteiger partial charge on any atom is 0.227 e. The Morgan fingerprint density at radius 3 is 2.14 bits per heavy atom. The van der Waals surface area contributed by atoms with E-state index in [1.807, 2.05) is 18.7 Å². The Kier molecular flexibility index (Phi) is 6.45. The Morgan fingerprint density at radius 1 is 1.10 bits per heavy atom. The summed E-state index contributed by atoms with van der Waals surface area (Å²) in [6.45, 7) is 7.76. The molecule has 5 heteroatoms. The van der Waals surface area contributed by atoms with Crippen LogP contribution in [0.15, 0.2) is 0 Å². The molecule has 1 amide bonds. The molecule has 2 saturated carbocycles. The molecule has 0 heterocycles. The van der Waals surface area contributed by atoms with Crippen LogP contribution in [0.5, 0.6) is 0 Å². The summed E-state index contributed by atoms with van der Waals surface area (Å²) in [5.41, 5.74) is 6.30. The second-order valence-corrected chi connectivity index (χ2v) is 6.16. The first kappa shape index (κ1) is 16.7. The van der Waals surface area contributed by atoms with Gasteiger partial charge in [0.15, 0.2) is 0 Å². The maximum atomic E-state index is 12.9. The molecule has 122 valence electrons. The second kappa shape index (κ2) is 8.11. The summed E-state index contributed by atoms with van der Waals surface area (Å²) in [5.74, 6) is 1.30. The maximum absolute atomic E-state index is 12.9. The van der Waals surface area contributed by atoms with Crippen molar-refractivity contribution in [3.63, 3.8) is 0 Å². The number of rotatable bonds is 9. The number of amides is 1. The third kappa shape index (κ3) is 3.96. The number of carbonyl (C=O) groups excluding carboxylic acids is 1. The lowest BCUT2D eigenvalue weighted by Crippen LogP contribution is -2.48. The molecule has 2 N–H and O–H groups in total. The van der Waals surface area contributed by atoms with Gasteiger partial charge in [-0.25, -0.2) is 0 Å². The highest BCUT2D eigenvalue weighted by atomic mass is 16.5. The molecular formula is C16H30N2O3. The van der Waals surface area contributed by atoms with Gasteiger partial charge in [0.2, 0.25) is 5.91 Å². The average molecular weight is 298 g/mol. The van der Waals surface area contributed by atoms with E-state index in [-0.39, 0.29) is 17.9 Å². The van der Waals surface area contributed by atoms with E-state index in [1.165, 1.54) is 12.8 Å². The second-order valence-electron chi connectivity index (χ2n) is 6.16. The monoisotopic (exact) mass is 298 g/mol. The molecule has 5 nitrogen and oxygen atoms in total. The van der Waals surface area contributed by atoms with Crippen molar-refractivity contribution in [3.05, 3.63) is 0 Å². The van der Waals surface area contributed by atoms with Crippen LogP contribution in [0, 0.1) is 17.8 Å². The van der Waals surface area contributed by atoms with E-state index in [9.17, 15) is 4.79 Å². The first-order valence-electron chi connectivity index (χ1n) is 8.38. The molecular weight excluding hydrogens is 268 g/mol. The van der Waals surface area contributed by atoms with Gasteiger partial charge in [0, 0.05) is 32.3 Å². The zero-order valence-electron chi connectivity index (χ0n) is 13.4. The third-order valence-electron chi connectivity index (χ3n) is 5.00. The Bertz CT molecular complexity index is 325. The molecule has 0 spiro atoms. The molecule has 4 unspecified atom stereocenters. The standard InChI is InChI=1S/C16H30N2O3/c1-3-20-9-7-18(8-10-21-4-2)16(19)14-12-5-6-13(11-12)15(14)17/h12-15H,3-11,17H2,1-2H3. The Morgan fingerprint density at radius 2 is 1.67 bits per heavy atom. The molecule has 0 aromatic carbocycles. The Labute approximate surface area is 128 Å². The van der Waals surface area contributed by atoms with Crippen LogP contribution in [0.25, 0.3) is 0 Å². The Balaban J connectivity index is 1.92. The van der Waals surface area contributed by atoms with E-state index in [2.05, 4.69) is 0 Å². The summed E-state index contributed by atoms with van der Waals surface area (Å²) >= 11 is 0. The molecule has 2 bridgehead atoms. The summed E-state index contributed by atoms with van der Waals surface area (Å²) in [7, 11) is 0. The van der Waals surface area contributed by atoms with Crippen molar-refractivity contribution in [1.29, 1.82) is 0 Å². The molecule has 0 aromatic rings. The summed E-state index contributed by atoms with van der Waals surface area (Å²) < 4.78 is 10.8. The topological polar surface area (TPSA) is 64.8 Å². The molecule has 21 heavy (non-hydrogen) atoms. The Hall–Kier alpha value is -0.650.